The highest BCUT2D eigenvalue weighted by Crippen LogP contribution is 2.42. The topological polar surface area (TPSA) is 70.5 Å². The van der Waals surface area contributed by atoms with Gasteiger partial charge in [0.2, 0.25) is 5.78 Å². The van der Waals surface area contributed by atoms with Gasteiger partial charge in [-0.15, -0.1) is 11.3 Å². The third-order valence-electron chi connectivity index (χ3n) is 5.34. The molecule has 7 heteroatoms. The fourth-order valence-corrected chi connectivity index (χ4v) is 5.01. The Morgan fingerprint density at radius 1 is 1.13 bits per heavy atom. The molecule has 0 aliphatic carbocycles. The maximum Gasteiger partial charge on any atom is 0.290 e. The van der Waals surface area contributed by atoms with E-state index in [1.165, 1.54) is 16.2 Å². The minimum absolute atomic E-state index is 0.0536. The molecule has 1 atom stereocenters. The van der Waals surface area contributed by atoms with E-state index in [4.69, 9.17) is 11.6 Å². The molecule has 0 saturated heterocycles. The van der Waals surface area contributed by atoms with Gasteiger partial charge in [0, 0.05) is 11.6 Å². The number of aryl methyl sites for hydroxylation is 2. The molecule has 1 unspecified atom stereocenters. The first-order chi connectivity index (χ1) is 14.9. The van der Waals surface area contributed by atoms with E-state index in [1.54, 1.807) is 31.2 Å². The van der Waals surface area contributed by atoms with Crippen molar-refractivity contribution in [3.63, 3.8) is 0 Å². The van der Waals surface area contributed by atoms with Gasteiger partial charge < -0.3 is 10.0 Å². The largest absolute Gasteiger partial charge is 0.503 e. The lowest BCUT2D eigenvalue weighted by Crippen LogP contribution is -2.33. The second-order valence-corrected chi connectivity index (χ2v) is 9.01. The molecule has 3 aromatic rings. The van der Waals surface area contributed by atoms with Crippen molar-refractivity contribution in [2.24, 2.45) is 0 Å². The minimum Gasteiger partial charge on any atom is -0.503 e. The number of carbonyl (C=O) groups is 2. The van der Waals surface area contributed by atoms with Crippen LogP contribution in [0.15, 0.2) is 65.9 Å². The van der Waals surface area contributed by atoms with Gasteiger partial charge in [-0.25, -0.2) is 4.98 Å². The summed E-state index contributed by atoms with van der Waals surface area (Å²) in [5, 5.41) is 12.0. The van der Waals surface area contributed by atoms with E-state index in [9.17, 15) is 14.7 Å². The zero-order valence-electron chi connectivity index (χ0n) is 17.1. The Morgan fingerprint density at radius 2 is 1.81 bits per heavy atom. The van der Waals surface area contributed by atoms with Crippen molar-refractivity contribution < 1.29 is 14.7 Å². The number of nitrogens with zero attached hydrogens (tertiary/aromatic N) is 2. The summed E-state index contributed by atoms with van der Waals surface area (Å²) in [6.45, 7) is 3.91. The quantitative estimate of drug-likeness (QED) is 0.519. The smallest absolute Gasteiger partial charge is 0.290 e. The summed E-state index contributed by atoms with van der Waals surface area (Å²) in [5.41, 5.74) is 2.30. The van der Waals surface area contributed by atoms with E-state index in [2.05, 4.69) is 4.98 Å². The van der Waals surface area contributed by atoms with E-state index in [0.717, 1.165) is 10.6 Å². The Kier molecular flexibility index (Phi) is 5.94. The predicted octanol–water partition coefficient (Wildman–Crippen LogP) is 5.23. The summed E-state index contributed by atoms with van der Waals surface area (Å²) in [5.74, 6) is -1.47. The summed E-state index contributed by atoms with van der Waals surface area (Å²) in [6, 6.07) is 16.1. The number of rotatable bonds is 6. The van der Waals surface area contributed by atoms with Gasteiger partial charge in [-0.05, 0) is 37.5 Å². The first-order valence-corrected chi connectivity index (χ1v) is 11.1. The molecule has 31 heavy (non-hydrogen) atoms. The van der Waals surface area contributed by atoms with E-state index in [-0.39, 0.29) is 11.4 Å². The molecule has 1 N–H and O–H groups in total. The lowest BCUT2D eigenvalue weighted by molar-refractivity contribution is -0.129. The van der Waals surface area contributed by atoms with Gasteiger partial charge in [-0.1, -0.05) is 60.1 Å². The Labute approximate surface area is 189 Å². The highest BCUT2D eigenvalue weighted by molar-refractivity contribution is 7.14. The Balaban J connectivity index is 1.77. The van der Waals surface area contributed by atoms with Crippen molar-refractivity contribution in [1.82, 2.24) is 9.88 Å². The molecule has 1 amide bonds. The number of hydrogen-bond acceptors (Lipinski definition) is 5. The average molecular weight is 453 g/mol. The normalized spacial score (nSPS) is 16.3. The van der Waals surface area contributed by atoms with Crippen LogP contribution in [0.2, 0.25) is 5.02 Å². The molecule has 1 aliphatic rings. The summed E-state index contributed by atoms with van der Waals surface area (Å²) >= 11 is 7.73. The Bertz CT molecular complexity index is 1190. The Hall–Kier alpha value is -2.96. The number of hydrogen-bond donors (Lipinski definition) is 1. The van der Waals surface area contributed by atoms with Crippen LogP contribution < -0.4 is 0 Å². The van der Waals surface area contributed by atoms with Crippen molar-refractivity contribution in [3.8, 4) is 0 Å². The van der Waals surface area contributed by atoms with Crippen molar-refractivity contribution in [3.05, 3.63) is 97.7 Å². The number of thiazole rings is 1. The molecule has 0 bridgehead atoms. The molecule has 2 heterocycles. The van der Waals surface area contributed by atoms with Gasteiger partial charge in [0.1, 0.15) is 0 Å². The average Bonchev–Trinajstić information content (AvgIpc) is 3.23. The molecule has 0 spiro atoms. The standard InChI is InChI=1S/C24H21ClN2O3S/c1-14-23(31-15(2)26-14)21(28)19-20(17-10-6-7-11-18(17)25)27(24(30)22(19)29)13-12-16-8-4-3-5-9-16/h3-11,20,29H,12-13H2,1-2H3. The summed E-state index contributed by atoms with van der Waals surface area (Å²) < 4.78 is 0. The lowest BCUT2D eigenvalue weighted by Gasteiger charge is -2.27. The highest BCUT2D eigenvalue weighted by Gasteiger charge is 2.44. The van der Waals surface area contributed by atoms with Crippen molar-refractivity contribution in [2.45, 2.75) is 26.3 Å². The third kappa shape index (κ3) is 4.01. The maximum atomic E-state index is 13.5. The van der Waals surface area contributed by atoms with Gasteiger partial charge in [0.25, 0.3) is 5.91 Å². The number of aliphatic hydroxyl groups is 1. The molecular weight excluding hydrogens is 432 g/mol. The predicted molar refractivity (Wildman–Crippen MR) is 122 cm³/mol. The number of aromatic nitrogens is 1. The second-order valence-electron chi connectivity index (χ2n) is 7.40. The van der Waals surface area contributed by atoms with Crippen LogP contribution >= 0.6 is 22.9 Å². The van der Waals surface area contributed by atoms with Gasteiger partial charge in [0.15, 0.2) is 5.76 Å². The van der Waals surface area contributed by atoms with Crippen LogP contribution in [0, 0.1) is 13.8 Å². The number of benzene rings is 2. The molecular formula is C24H21ClN2O3S. The summed E-state index contributed by atoms with van der Waals surface area (Å²) in [7, 11) is 0. The first-order valence-electron chi connectivity index (χ1n) is 9.89. The molecule has 5 nitrogen and oxygen atoms in total. The summed E-state index contributed by atoms with van der Waals surface area (Å²) in [4.78, 5) is 32.8. The molecule has 1 aliphatic heterocycles. The molecule has 0 saturated carbocycles. The minimum atomic E-state index is -0.765. The van der Waals surface area contributed by atoms with E-state index < -0.39 is 17.7 Å². The maximum absolute atomic E-state index is 13.5. The molecule has 158 valence electrons. The monoisotopic (exact) mass is 452 g/mol. The van der Waals surface area contributed by atoms with E-state index >= 15 is 0 Å². The molecule has 1 aromatic heterocycles. The number of carbonyl (C=O) groups excluding carboxylic acids is 2. The van der Waals surface area contributed by atoms with Crippen LogP contribution in [0.1, 0.15) is 37.5 Å². The van der Waals surface area contributed by atoms with Gasteiger partial charge in [-0.3, -0.25) is 9.59 Å². The fourth-order valence-electron chi connectivity index (χ4n) is 3.89. The third-order valence-corrected chi connectivity index (χ3v) is 6.76. The molecule has 4 rings (SSSR count). The Morgan fingerprint density at radius 3 is 2.45 bits per heavy atom. The van der Waals surface area contributed by atoms with E-state index in [0.29, 0.717) is 34.1 Å². The number of aliphatic hydroxyl groups excluding tert-OH is 1. The van der Waals surface area contributed by atoms with Crippen molar-refractivity contribution in [1.29, 1.82) is 0 Å². The van der Waals surface area contributed by atoms with Gasteiger partial charge >= 0.3 is 0 Å². The molecule has 2 aromatic carbocycles. The number of amides is 1. The second kappa shape index (κ2) is 8.65. The van der Waals surface area contributed by atoms with Crippen LogP contribution in [-0.4, -0.2) is 33.2 Å². The van der Waals surface area contributed by atoms with Crippen molar-refractivity contribution in [2.75, 3.05) is 6.54 Å². The van der Waals surface area contributed by atoms with Crippen molar-refractivity contribution >= 4 is 34.6 Å². The van der Waals surface area contributed by atoms with Crippen LogP contribution in [-0.2, 0) is 11.2 Å². The molecule has 0 fully saturated rings. The lowest BCUT2D eigenvalue weighted by atomic mass is 9.94. The van der Waals surface area contributed by atoms with Crippen LogP contribution in [0.3, 0.4) is 0 Å². The van der Waals surface area contributed by atoms with E-state index in [1.807, 2.05) is 37.3 Å². The summed E-state index contributed by atoms with van der Waals surface area (Å²) in [6.07, 6.45) is 0.584. The highest BCUT2D eigenvalue weighted by atomic mass is 35.5. The van der Waals surface area contributed by atoms with Crippen LogP contribution in [0.25, 0.3) is 0 Å². The zero-order chi connectivity index (χ0) is 22.1. The van der Waals surface area contributed by atoms with Gasteiger partial charge in [-0.2, -0.15) is 0 Å². The zero-order valence-corrected chi connectivity index (χ0v) is 18.7. The van der Waals surface area contributed by atoms with Crippen LogP contribution in [0.4, 0.5) is 0 Å². The first kappa shape index (κ1) is 21.3. The number of halogens is 1. The molecule has 0 radical (unpaired) electrons. The van der Waals surface area contributed by atoms with Crippen LogP contribution in [0.5, 0.6) is 0 Å². The number of ketones is 1. The fraction of sp³-hybridized carbons (Fsp3) is 0.208. The van der Waals surface area contributed by atoms with Gasteiger partial charge in [0.05, 0.1) is 27.2 Å². The number of Topliss-reactive ketones (excluding diaryl/α,β-unsaturated/α-hetero) is 1. The SMILES string of the molecule is Cc1nc(C)c(C(=O)C2=C(O)C(=O)N(CCc3ccccc3)C2c2ccccc2Cl)s1.